The van der Waals surface area contributed by atoms with Crippen LogP contribution in [0.2, 0.25) is 0 Å². The van der Waals surface area contributed by atoms with E-state index in [1.165, 1.54) is 25.1 Å². The smallest absolute Gasteiger partial charge is 0.356 e. The highest BCUT2D eigenvalue weighted by molar-refractivity contribution is 5.79. The predicted octanol–water partition coefficient (Wildman–Crippen LogP) is 3.39. The minimum Gasteiger partial charge on any atom is -0.356 e. The van der Waals surface area contributed by atoms with Gasteiger partial charge in [-0.3, -0.25) is 4.99 Å². The Morgan fingerprint density at radius 2 is 1.90 bits per heavy atom. The van der Waals surface area contributed by atoms with Gasteiger partial charge in [0.05, 0.1) is 5.56 Å². The molecule has 0 aliphatic carbocycles. The van der Waals surface area contributed by atoms with Gasteiger partial charge in [0.2, 0.25) is 0 Å². The van der Waals surface area contributed by atoms with Crippen LogP contribution in [0.5, 0.6) is 0 Å². The van der Waals surface area contributed by atoms with Gasteiger partial charge in [-0.05, 0) is 63.5 Å². The van der Waals surface area contributed by atoms with Crippen LogP contribution in [-0.4, -0.2) is 75.7 Å². The zero-order valence-corrected chi connectivity index (χ0v) is 18.4. The zero-order chi connectivity index (χ0) is 22.0. The topological polar surface area (TPSA) is 42.9 Å². The van der Waals surface area contributed by atoms with E-state index >= 15 is 0 Å². The first-order chi connectivity index (χ1) is 14.3. The van der Waals surface area contributed by atoms with Crippen molar-refractivity contribution in [3.8, 4) is 0 Å². The summed E-state index contributed by atoms with van der Waals surface area (Å²) in [6.07, 6.45) is -1.31. The molecule has 5 nitrogen and oxygen atoms in total. The third kappa shape index (κ3) is 8.52. The molecule has 0 amide bonds. The summed E-state index contributed by atoms with van der Waals surface area (Å²) in [4.78, 5) is 9.13. The van der Waals surface area contributed by atoms with Crippen molar-refractivity contribution >= 4 is 5.96 Å². The molecule has 0 spiro atoms. The van der Waals surface area contributed by atoms with Crippen LogP contribution in [0, 0.1) is 0 Å². The fourth-order valence-electron chi connectivity index (χ4n) is 3.65. The molecule has 1 atom stereocenters. The number of benzene rings is 1. The van der Waals surface area contributed by atoms with Crippen molar-refractivity contribution in [3.05, 3.63) is 35.4 Å². The molecule has 8 heteroatoms. The number of hydrogen-bond donors (Lipinski definition) is 2. The van der Waals surface area contributed by atoms with E-state index in [4.69, 9.17) is 0 Å². The lowest BCUT2D eigenvalue weighted by Crippen LogP contribution is -2.39. The van der Waals surface area contributed by atoms with Crippen LogP contribution in [0.25, 0.3) is 0 Å². The maximum Gasteiger partial charge on any atom is 0.416 e. The molecule has 1 unspecified atom stereocenters. The van der Waals surface area contributed by atoms with Crippen molar-refractivity contribution < 1.29 is 13.2 Å². The quantitative estimate of drug-likeness (QED) is 0.379. The van der Waals surface area contributed by atoms with Crippen LogP contribution in [0.15, 0.2) is 29.3 Å². The lowest BCUT2D eigenvalue weighted by molar-refractivity contribution is -0.137. The molecule has 1 heterocycles. The van der Waals surface area contributed by atoms with E-state index in [0.717, 1.165) is 57.6 Å². The first-order valence-corrected chi connectivity index (χ1v) is 10.8. The van der Waals surface area contributed by atoms with Gasteiger partial charge in [0.1, 0.15) is 0 Å². The van der Waals surface area contributed by atoms with Gasteiger partial charge >= 0.3 is 6.18 Å². The summed E-state index contributed by atoms with van der Waals surface area (Å²) in [5.41, 5.74) is 0.117. The van der Waals surface area contributed by atoms with Gasteiger partial charge in [-0.1, -0.05) is 25.1 Å². The molecule has 2 N–H and O–H groups in total. The van der Waals surface area contributed by atoms with Crippen molar-refractivity contribution in [1.29, 1.82) is 0 Å². The second-order valence-corrected chi connectivity index (χ2v) is 8.09. The van der Waals surface area contributed by atoms with E-state index in [2.05, 4.69) is 32.5 Å². The summed E-state index contributed by atoms with van der Waals surface area (Å²) in [7, 11) is 3.91. The van der Waals surface area contributed by atoms with Crippen LogP contribution in [0.4, 0.5) is 13.2 Å². The summed E-state index contributed by atoms with van der Waals surface area (Å²) in [5, 5.41) is 6.59. The number of likely N-dealkylation sites (N-methyl/N-ethyl adjacent to an activating group) is 1. The Morgan fingerprint density at radius 1 is 1.13 bits per heavy atom. The van der Waals surface area contributed by atoms with Gasteiger partial charge in [0, 0.05) is 33.2 Å². The number of halogens is 3. The van der Waals surface area contributed by atoms with Gasteiger partial charge in [-0.2, -0.15) is 13.2 Å². The van der Waals surface area contributed by atoms with E-state index in [-0.39, 0.29) is 5.92 Å². The highest BCUT2D eigenvalue weighted by atomic mass is 19.4. The molecular formula is C22H36F3N5. The van der Waals surface area contributed by atoms with Crippen LogP contribution in [0.3, 0.4) is 0 Å². The number of nitrogens with one attached hydrogen (secondary N) is 2. The number of hydrogen-bond acceptors (Lipinski definition) is 3. The summed E-state index contributed by atoms with van der Waals surface area (Å²) in [6.45, 7) is 9.09. The molecule has 30 heavy (non-hydrogen) atoms. The SMILES string of the molecule is CN=C(NCCCN1CCCN(C)CC1)NCCC(C)c1cccc(C(F)(F)F)c1. The Hall–Kier alpha value is -1.80. The van der Waals surface area contributed by atoms with Gasteiger partial charge in [-0.25, -0.2) is 0 Å². The van der Waals surface area contributed by atoms with Gasteiger partial charge in [-0.15, -0.1) is 0 Å². The van der Waals surface area contributed by atoms with Crippen LogP contribution in [0.1, 0.15) is 43.2 Å². The zero-order valence-electron chi connectivity index (χ0n) is 18.4. The molecule has 2 rings (SSSR count). The number of alkyl halides is 3. The highest BCUT2D eigenvalue weighted by Gasteiger charge is 2.30. The Labute approximate surface area is 178 Å². The normalized spacial score (nSPS) is 18.1. The van der Waals surface area contributed by atoms with Gasteiger partial charge in [0.15, 0.2) is 5.96 Å². The molecule has 1 saturated heterocycles. The largest absolute Gasteiger partial charge is 0.416 e. The van der Waals surface area contributed by atoms with Crippen LogP contribution < -0.4 is 10.6 Å². The molecular weight excluding hydrogens is 391 g/mol. The fourth-order valence-corrected chi connectivity index (χ4v) is 3.65. The first kappa shape index (κ1) is 24.5. The minimum atomic E-state index is -4.30. The first-order valence-electron chi connectivity index (χ1n) is 10.8. The molecule has 0 radical (unpaired) electrons. The average Bonchev–Trinajstić information content (AvgIpc) is 2.93. The lowest BCUT2D eigenvalue weighted by Gasteiger charge is -2.20. The number of aliphatic imine (C=N–C) groups is 1. The Kier molecular flexibility index (Phi) is 9.91. The van der Waals surface area contributed by atoms with E-state index in [1.54, 1.807) is 13.1 Å². The third-order valence-electron chi connectivity index (χ3n) is 5.63. The molecule has 1 aliphatic heterocycles. The molecule has 1 aromatic carbocycles. The van der Waals surface area contributed by atoms with E-state index in [1.807, 2.05) is 6.92 Å². The molecule has 0 saturated carbocycles. The number of nitrogens with zero attached hydrogens (tertiary/aromatic N) is 3. The van der Waals surface area contributed by atoms with Crippen molar-refractivity contribution in [3.63, 3.8) is 0 Å². The highest BCUT2D eigenvalue weighted by Crippen LogP contribution is 2.31. The summed E-state index contributed by atoms with van der Waals surface area (Å²) >= 11 is 0. The maximum absolute atomic E-state index is 12.9. The molecule has 0 bridgehead atoms. The average molecular weight is 428 g/mol. The van der Waals surface area contributed by atoms with E-state index in [9.17, 15) is 13.2 Å². The van der Waals surface area contributed by atoms with E-state index in [0.29, 0.717) is 12.1 Å². The Balaban J connectivity index is 1.67. The molecule has 1 aliphatic rings. The van der Waals surface area contributed by atoms with Gasteiger partial charge < -0.3 is 20.4 Å². The predicted molar refractivity (Wildman–Crippen MR) is 117 cm³/mol. The van der Waals surface area contributed by atoms with E-state index < -0.39 is 11.7 Å². The second-order valence-electron chi connectivity index (χ2n) is 8.09. The molecule has 1 aromatic rings. The summed E-state index contributed by atoms with van der Waals surface area (Å²) in [6, 6.07) is 5.60. The monoisotopic (exact) mass is 427 g/mol. The Bertz CT molecular complexity index is 662. The van der Waals surface area contributed by atoms with Crippen LogP contribution >= 0.6 is 0 Å². The standard InChI is InChI=1S/C22H36F3N5/c1-18(19-7-4-8-20(17-19)22(23,24)25)9-11-28-21(26-2)27-10-5-13-30-14-6-12-29(3)15-16-30/h4,7-8,17-18H,5-6,9-16H2,1-3H3,(H2,26,27,28). The van der Waals surface area contributed by atoms with Crippen molar-refractivity contribution in [2.24, 2.45) is 4.99 Å². The van der Waals surface area contributed by atoms with Crippen molar-refractivity contribution in [2.75, 3.05) is 59.9 Å². The lowest BCUT2D eigenvalue weighted by atomic mass is 9.96. The molecule has 1 fully saturated rings. The number of guanidine groups is 1. The summed E-state index contributed by atoms with van der Waals surface area (Å²) < 4.78 is 38.7. The van der Waals surface area contributed by atoms with Crippen molar-refractivity contribution in [2.45, 2.75) is 38.3 Å². The van der Waals surface area contributed by atoms with Crippen LogP contribution in [-0.2, 0) is 6.18 Å². The van der Waals surface area contributed by atoms with Crippen molar-refractivity contribution in [1.82, 2.24) is 20.4 Å². The maximum atomic E-state index is 12.9. The fraction of sp³-hybridized carbons (Fsp3) is 0.682. The second kappa shape index (κ2) is 12.2. The minimum absolute atomic E-state index is 0.0269. The molecule has 170 valence electrons. The molecule has 0 aromatic heterocycles. The third-order valence-corrected chi connectivity index (χ3v) is 5.63. The number of rotatable bonds is 8. The summed E-state index contributed by atoms with van der Waals surface area (Å²) in [5.74, 6) is 0.765. The Morgan fingerprint density at radius 3 is 2.63 bits per heavy atom. The van der Waals surface area contributed by atoms with Gasteiger partial charge in [0.25, 0.3) is 0 Å².